The minimum atomic E-state index is -3.53. The highest BCUT2D eigenvalue weighted by Gasteiger charge is 2.32. The Balaban J connectivity index is 1.35. The van der Waals surface area contributed by atoms with Crippen molar-refractivity contribution in [3.63, 3.8) is 0 Å². The van der Waals surface area contributed by atoms with E-state index in [-0.39, 0.29) is 11.8 Å². The summed E-state index contributed by atoms with van der Waals surface area (Å²) in [6.07, 6.45) is 0.964. The Hall–Kier alpha value is -1.78. The van der Waals surface area contributed by atoms with Crippen LogP contribution in [0.1, 0.15) is 18.4 Å². The van der Waals surface area contributed by atoms with Gasteiger partial charge in [0.15, 0.2) is 5.13 Å². The quantitative estimate of drug-likeness (QED) is 0.563. The van der Waals surface area contributed by atoms with Crippen molar-refractivity contribution >= 4 is 55.3 Å². The van der Waals surface area contributed by atoms with Gasteiger partial charge in [-0.15, -0.1) is 22.7 Å². The molecule has 1 saturated heterocycles. The highest BCUT2D eigenvalue weighted by Crippen LogP contribution is 2.33. The molecule has 30 heavy (non-hydrogen) atoms. The normalized spacial score (nSPS) is 15.9. The number of hydrogen-bond acceptors (Lipinski definition) is 6. The number of carbonyl (C=O) groups is 1. The average molecular weight is 482 g/mol. The molecule has 1 aliphatic rings. The molecule has 158 valence electrons. The predicted octanol–water partition coefficient (Wildman–Crippen LogP) is 4.87. The Morgan fingerprint density at radius 2 is 1.87 bits per heavy atom. The molecule has 0 bridgehead atoms. The third kappa shape index (κ3) is 4.60. The number of benzene rings is 1. The Morgan fingerprint density at radius 3 is 2.50 bits per heavy atom. The lowest BCUT2D eigenvalue weighted by atomic mass is 9.97. The minimum Gasteiger partial charge on any atom is -0.302 e. The zero-order chi connectivity index (χ0) is 21.3. The van der Waals surface area contributed by atoms with Crippen molar-refractivity contribution in [2.45, 2.75) is 24.7 Å². The standard InChI is InChI=1S/C20H20ClN3O3S3/c1-13-2-4-15(5-3-13)30(26,27)24-10-8-14(9-11-24)19(25)23-20-22-16(12-28-20)17-6-7-18(21)29-17/h2-7,12,14H,8-11H2,1H3,(H,22,23,25). The number of aromatic nitrogens is 1. The van der Waals surface area contributed by atoms with E-state index in [9.17, 15) is 13.2 Å². The molecule has 1 aromatic carbocycles. The first-order valence-corrected chi connectivity index (χ1v) is 12.9. The lowest BCUT2D eigenvalue weighted by Gasteiger charge is -2.30. The van der Waals surface area contributed by atoms with Gasteiger partial charge < -0.3 is 5.32 Å². The van der Waals surface area contributed by atoms with Crippen LogP contribution in [0.25, 0.3) is 10.6 Å². The zero-order valence-electron chi connectivity index (χ0n) is 16.2. The maximum atomic E-state index is 12.8. The molecule has 4 rings (SSSR count). The van der Waals surface area contributed by atoms with Gasteiger partial charge in [-0.25, -0.2) is 13.4 Å². The molecule has 3 heterocycles. The SMILES string of the molecule is Cc1ccc(S(=O)(=O)N2CCC(C(=O)Nc3nc(-c4ccc(Cl)s4)cs3)CC2)cc1. The predicted molar refractivity (Wildman–Crippen MR) is 122 cm³/mol. The summed E-state index contributed by atoms with van der Waals surface area (Å²) in [5, 5.41) is 5.29. The molecule has 0 unspecified atom stereocenters. The number of carbonyl (C=O) groups excluding carboxylic acids is 1. The number of anilines is 1. The Kier molecular flexibility index (Phi) is 6.26. The van der Waals surface area contributed by atoms with Crippen LogP contribution < -0.4 is 5.32 Å². The number of aryl methyl sites for hydroxylation is 1. The second-order valence-electron chi connectivity index (χ2n) is 7.12. The molecule has 10 heteroatoms. The Morgan fingerprint density at radius 1 is 1.17 bits per heavy atom. The van der Waals surface area contributed by atoms with Gasteiger partial charge in [-0.2, -0.15) is 4.31 Å². The fourth-order valence-corrected chi connectivity index (χ4v) is 6.58. The second kappa shape index (κ2) is 8.76. The monoisotopic (exact) mass is 481 g/mol. The molecular formula is C20H20ClN3O3S3. The van der Waals surface area contributed by atoms with Gasteiger partial charge in [-0.05, 0) is 44.0 Å². The summed E-state index contributed by atoms with van der Waals surface area (Å²) in [5.74, 6) is -0.356. The summed E-state index contributed by atoms with van der Waals surface area (Å²) >= 11 is 8.77. The third-order valence-electron chi connectivity index (χ3n) is 5.04. The van der Waals surface area contributed by atoms with Gasteiger partial charge in [0.25, 0.3) is 0 Å². The second-order valence-corrected chi connectivity index (χ2v) is 11.6. The van der Waals surface area contributed by atoms with Crippen molar-refractivity contribution in [3.05, 3.63) is 51.7 Å². The van der Waals surface area contributed by atoms with E-state index in [1.165, 1.54) is 27.0 Å². The van der Waals surface area contributed by atoms with E-state index in [0.717, 1.165) is 16.1 Å². The molecule has 3 aromatic rings. The number of hydrogen-bond donors (Lipinski definition) is 1. The van der Waals surface area contributed by atoms with Crippen molar-refractivity contribution in [1.29, 1.82) is 0 Å². The van der Waals surface area contributed by atoms with E-state index in [0.29, 0.717) is 40.3 Å². The summed E-state index contributed by atoms with van der Waals surface area (Å²) in [5.41, 5.74) is 1.79. The van der Waals surface area contributed by atoms with Crippen LogP contribution in [0, 0.1) is 12.8 Å². The average Bonchev–Trinajstić information content (AvgIpc) is 3.37. The van der Waals surface area contributed by atoms with Crippen LogP contribution in [0.5, 0.6) is 0 Å². The van der Waals surface area contributed by atoms with E-state index < -0.39 is 10.0 Å². The van der Waals surface area contributed by atoms with Gasteiger partial charge in [-0.1, -0.05) is 29.3 Å². The number of amides is 1. The van der Waals surface area contributed by atoms with Gasteiger partial charge in [0.05, 0.1) is 19.8 Å². The van der Waals surface area contributed by atoms with Crippen LogP contribution in [0.4, 0.5) is 5.13 Å². The highest BCUT2D eigenvalue weighted by atomic mass is 35.5. The fourth-order valence-electron chi connectivity index (χ4n) is 3.32. The molecule has 0 saturated carbocycles. The number of rotatable bonds is 5. The summed E-state index contributed by atoms with van der Waals surface area (Å²) in [6, 6.07) is 10.6. The molecule has 1 amide bonds. The number of nitrogens with one attached hydrogen (secondary N) is 1. The first-order chi connectivity index (χ1) is 14.3. The maximum Gasteiger partial charge on any atom is 0.243 e. The minimum absolute atomic E-state index is 0.118. The highest BCUT2D eigenvalue weighted by molar-refractivity contribution is 7.89. The van der Waals surface area contributed by atoms with E-state index in [2.05, 4.69) is 10.3 Å². The summed E-state index contributed by atoms with van der Waals surface area (Å²) in [6.45, 7) is 2.57. The van der Waals surface area contributed by atoms with Gasteiger partial charge in [0.2, 0.25) is 15.9 Å². The number of nitrogens with zero attached hydrogens (tertiary/aromatic N) is 2. The molecule has 0 radical (unpaired) electrons. The first kappa shape index (κ1) is 21.5. The molecule has 0 aliphatic carbocycles. The third-order valence-corrected chi connectivity index (χ3v) is 8.97. The van der Waals surface area contributed by atoms with Crippen LogP contribution in [0.3, 0.4) is 0 Å². The largest absolute Gasteiger partial charge is 0.302 e. The van der Waals surface area contributed by atoms with Crippen molar-refractivity contribution in [2.24, 2.45) is 5.92 Å². The smallest absolute Gasteiger partial charge is 0.243 e. The summed E-state index contributed by atoms with van der Waals surface area (Å²) < 4.78 is 27.8. The summed E-state index contributed by atoms with van der Waals surface area (Å²) in [7, 11) is -3.53. The van der Waals surface area contributed by atoms with Crippen molar-refractivity contribution in [2.75, 3.05) is 18.4 Å². The van der Waals surface area contributed by atoms with Gasteiger partial charge in [0.1, 0.15) is 0 Å². The van der Waals surface area contributed by atoms with Crippen molar-refractivity contribution in [3.8, 4) is 10.6 Å². The Labute approximate surface area is 188 Å². The summed E-state index contributed by atoms with van der Waals surface area (Å²) in [4.78, 5) is 18.4. The van der Waals surface area contributed by atoms with Crippen LogP contribution in [-0.2, 0) is 14.8 Å². The Bertz CT molecular complexity index is 1150. The van der Waals surface area contributed by atoms with Crippen LogP contribution in [-0.4, -0.2) is 36.7 Å². The molecule has 1 fully saturated rings. The topological polar surface area (TPSA) is 79.4 Å². The molecular weight excluding hydrogens is 462 g/mol. The van der Waals surface area contributed by atoms with E-state index in [4.69, 9.17) is 11.6 Å². The van der Waals surface area contributed by atoms with E-state index >= 15 is 0 Å². The molecule has 6 nitrogen and oxygen atoms in total. The van der Waals surface area contributed by atoms with Crippen molar-refractivity contribution < 1.29 is 13.2 Å². The van der Waals surface area contributed by atoms with E-state index in [1.807, 2.05) is 24.4 Å². The maximum absolute atomic E-state index is 12.8. The van der Waals surface area contributed by atoms with Gasteiger partial charge in [-0.3, -0.25) is 4.79 Å². The van der Waals surface area contributed by atoms with Crippen molar-refractivity contribution in [1.82, 2.24) is 9.29 Å². The first-order valence-electron chi connectivity index (χ1n) is 9.42. The number of sulfonamides is 1. The number of thiazole rings is 1. The molecule has 1 N–H and O–H groups in total. The van der Waals surface area contributed by atoms with Crippen LogP contribution in [0.2, 0.25) is 4.34 Å². The van der Waals surface area contributed by atoms with Gasteiger partial charge in [0, 0.05) is 24.4 Å². The fraction of sp³-hybridized carbons (Fsp3) is 0.300. The van der Waals surface area contributed by atoms with Crippen LogP contribution >= 0.6 is 34.3 Å². The zero-order valence-corrected chi connectivity index (χ0v) is 19.4. The molecule has 1 aliphatic heterocycles. The molecule has 0 spiro atoms. The van der Waals surface area contributed by atoms with Gasteiger partial charge >= 0.3 is 0 Å². The van der Waals surface area contributed by atoms with Crippen LogP contribution in [0.15, 0.2) is 46.7 Å². The lowest BCUT2D eigenvalue weighted by Crippen LogP contribution is -2.41. The molecule has 2 aromatic heterocycles. The lowest BCUT2D eigenvalue weighted by molar-refractivity contribution is -0.120. The number of halogens is 1. The number of thiophene rings is 1. The molecule has 0 atom stereocenters. The van der Waals surface area contributed by atoms with E-state index in [1.54, 1.807) is 24.3 Å². The number of piperidine rings is 1.